The van der Waals surface area contributed by atoms with Crippen LogP contribution in [-0.4, -0.2) is 37.8 Å². The van der Waals surface area contributed by atoms with Crippen molar-refractivity contribution in [3.8, 4) is 11.5 Å². The largest absolute Gasteiger partial charge is 0.504 e. The molecule has 2 aliphatic rings. The number of nitrogens with zero attached hydrogens (tertiary/aromatic N) is 4. The number of aromatic hydroxyl groups is 1. The van der Waals surface area contributed by atoms with E-state index in [0.29, 0.717) is 17.8 Å². The number of ether oxygens (including phenoxy) is 1. The van der Waals surface area contributed by atoms with Gasteiger partial charge in [-0.1, -0.05) is 6.07 Å². The highest BCUT2D eigenvalue weighted by atomic mass is 16.5. The van der Waals surface area contributed by atoms with Crippen LogP contribution in [0.1, 0.15) is 41.4 Å². The number of methoxy groups -OCH3 is 1. The predicted molar refractivity (Wildman–Crippen MR) is 97.4 cm³/mol. The Kier molecular flexibility index (Phi) is 3.43. The van der Waals surface area contributed by atoms with Gasteiger partial charge in [-0.25, -0.2) is 9.50 Å². The van der Waals surface area contributed by atoms with E-state index in [1.54, 1.807) is 7.11 Å². The molecule has 6 nitrogen and oxygen atoms in total. The normalized spacial score (nSPS) is 21.9. The second-order valence-corrected chi connectivity index (χ2v) is 7.35. The number of fused-ring (bicyclic) bond motifs is 6. The quantitative estimate of drug-likeness (QED) is 0.787. The molecular weight excluding hydrogens is 328 g/mol. The van der Waals surface area contributed by atoms with Crippen LogP contribution in [0.3, 0.4) is 0 Å². The Morgan fingerprint density at radius 1 is 1.27 bits per heavy atom. The molecule has 0 spiro atoms. The summed E-state index contributed by atoms with van der Waals surface area (Å²) in [6, 6.07) is 8.59. The van der Waals surface area contributed by atoms with Gasteiger partial charge in [-0.2, -0.15) is 5.10 Å². The fraction of sp³-hybridized carbons (Fsp3) is 0.400. The van der Waals surface area contributed by atoms with E-state index in [-0.39, 0.29) is 5.75 Å². The van der Waals surface area contributed by atoms with Gasteiger partial charge in [0.2, 0.25) is 0 Å². The first-order chi connectivity index (χ1) is 12.6. The molecule has 0 unspecified atom stereocenters. The highest BCUT2D eigenvalue weighted by molar-refractivity contribution is 5.45. The van der Waals surface area contributed by atoms with Crippen molar-refractivity contribution < 1.29 is 9.84 Å². The third kappa shape index (κ3) is 2.29. The second kappa shape index (κ2) is 5.71. The topological polar surface area (TPSA) is 62.9 Å². The number of aryl methyl sites for hydroxylation is 1. The average molecular weight is 350 g/mol. The lowest BCUT2D eigenvalue weighted by molar-refractivity contribution is 0.165. The van der Waals surface area contributed by atoms with Crippen molar-refractivity contribution in [1.82, 2.24) is 19.5 Å². The zero-order chi connectivity index (χ0) is 17.8. The van der Waals surface area contributed by atoms with Crippen LogP contribution in [0, 0.1) is 6.92 Å². The molecule has 0 aliphatic carbocycles. The molecule has 0 amide bonds. The standard InChI is InChI=1S/C20H22N4O2/c1-12-7-20-21-10-15-16-5-4-14(9-17(15)24(20)22-12)23(16)11-13-3-6-19(26-2)18(25)8-13/h3,6-8,10,14,16,25H,4-5,9,11H2,1-2H3/t14-,16+/m1/s1. The Labute approximate surface area is 152 Å². The highest BCUT2D eigenvalue weighted by Gasteiger charge is 2.41. The Morgan fingerprint density at radius 3 is 2.96 bits per heavy atom. The maximum Gasteiger partial charge on any atom is 0.160 e. The van der Waals surface area contributed by atoms with Crippen LogP contribution in [0.4, 0.5) is 0 Å². The molecule has 0 radical (unpaired) electrons. The first-order valence-corrected chi connectivity index (χ1v) is 9.10. The summed E-state index contributed by atoms with van der Waals surface area (Å²) in [6.45, 7) is 2.84. The summed E-state index contributed by atoms with van der Waals surface area (Å²) in [5, 5.41) is 14.7. The second-order valence-electron chi connectivity index (χ2n) is 7.35. The summed E-state index contributed by atoms with van der Waals surface area (Å²) < 4.78 is 7.19. The lowest BCUT2D eigenvalue weighted by atomic mass is 9.98. The van der Waals surface area contributed by atoms with E-state index < -0.39 is 0 Å². The average Bonchev–Trinajstić information content (AvgIpc) is 3.13. The molecule has 5 rings (SSSR count). The number of aromatic nitrogens is 3. The summed E-state index contributed by atoms with van der Waals surface area (Å²) in [4.78, 5) is 7.18. The van der Waals surface area contributed by atoms with Crippen LogP contribution in [0.5, 0.6) is 11.5 Å². The van der Waals surface area contributed by atoms with Gasteiger partial charge in [-0.3, -0.25) is 4.90 Å². The minimum absolute atomic E-state index is 0.199. The number of benzene rings is 1. The minimum Gasteiger partial charge on any atom is -0.504 e. The zero-order valence-electron chi connectivity index (χ0n) is 15.0. The Morgan fingerprint density at radius 2 is 2.15 bits per heavy atom. The summed E-state index contributed by atoms with van der Waals surface area (Å²) in [5.74, 6) is 0.714. The lowest BCUT2D eigenvalue weighted by Gasteiger charge is -2.36. The molecule has 2 bridgehead atoms. The molecule has 1 fully saturated rings. The lowest BCUT2D eigenvalue weighted by Crippen LogP contribution is -2.38. The summed E-state index contributed by atoms with van der Waals surface area (Å²) in [5.41, 5.74) is 5.66. The number of hydrogen-bond acceptors (Lipinski definition) is 5. The molecule has 1 aromatic carbocycles. The van der Waals surface area contributed by atoms with E-state index in [0.717, 1.165) is 36.3 Å². The fourth-order valence-electron chi connectivity index (χ4n) is 4.59. The third-order valence-corrected chi connectivity index (χ3v) is 5.78. The molecule has 3 aromatic rings. The molecule has 4 heterocycles. The van der Waals surface area contributed by atoms with E-state index in [4.69, 9.17) is 4.74 Å². The van der Waals surface area contributed by atoms with Crippen LogP contribution in [0.25, 0.3) is 5.65 Å². The molecule has 0 saturated carbocycles. The molecule has 1 saturated heterocycles. The van der Waals surface area contributed by atoms with Crippen molar-refractivity contribution in [2.45, 2.75) is 44.8 Å². The van der Waals surface area contributed by atoms with Gasteiger partial charge in [0.1, 0.15) is 0 Å². The molecule has 2 atom stereocenters. The Hall–Kier alpha value is -2.60. The zero-order valence-corrected chi connectivity index (χ0v) is 15.0. The Bertz CT molecular complexity index is 997. The van der Waals surface area contributed by atoms with Gasteiger partial charge in [-0.15, -0.1) is 0 Å². The van der Waals surface area contributed by atoms with E-state index in [2.05, 4.69) is 15.0 Å². The molecule has 2 aliphatic heterocycles. The molecule has 6 heteroatoms. The van der Waals surface area contributed by atoms with Crippen LogP contribution in [-0.2, 0) is 13.0 Å². The van der Waals surface area contributed by atoms with Crippen molar-refractivity contribution in [2.75, 3.05) is 7.11 Å². The van der Waals surface area contributed by atoms with E-state index in [9.17, 15) is 5.11 Å². The van der Waals surface area contributed by atoms with Gasteiger partial charge in [0, 0.05) is 42.9 Å². The van der Waals surface area contributed by atoms with Crippen LogP contribution in [0.15, 0.2) is 30.5 Å². The third-order valence-electron chi connectivity index (χ3n) is 5.78. The Balaban J connectivity index is 1.49. The van der Waals surface area contributed by atoms with Crippen molar-refractivity contribution in [2.24, 2.45) is 0 Å². The van der Waals surface area contributed by atoms with Crippen molar-refractivity contribution in [1.29, 1.82) is 0 Å². The SMILES string of the molecule is COc1ccc(CN2[C@@H]3CC[C@H]2c2cnc4cc(C)nn4c2C3)cc1O. The van der Waals surface area contributed by atoms with Gasteiger partial charge >= 0.3 is 0 Å². The number of phenols is 1. The van der Waals surface area contributed by atoms with Crippen molar-refractivity contribution in [3.05, 3.63) is 53.0 Å². The maximum atomic E-state index is 10.1. The van der Waals surface area contributed by atoms with Crippen molar-refractivity contribution >= 4 is 5.65 Å². The summed E-state index contributed by atoms with van der Waals surface area (Å²) >= 11 is 0. The molecular formula is C20H22N4O2. The summed E-state index contributed by atoms with van der Waals surface area (Å²) in [6.07, 6.45) is 5.36. The van der Waals surface area contributed by atoms with Crippen LogP contribution < -0.4 is 4.74 Å². The first-order valence-electron chi connectivity index (χ1n) is 9.10. The maximum absolute atomic E-state index is 10.1. The predicted octanol–water partition coefficient (Wildman–Crippen LogP) is 3.01. The first kappa shape index (κ1) is 15.6. The van der Waals surface area contributed by atoms with E-state index in [1.807, 2.05) is 41.9 Å². The molecule has 1 N–H and O–H groups in total. The number of rotatable bonds is 3. The molecule has 2 aromatic heterocycles. The van der Waals surface area contributed by atoms with E-state index in [1.165, 1.54) is 17.7 Å². The highest BCUT2D eigenvalue weighted by Crippen LogP contribution is 2.44. The minimum atomic E-state index is 0.199. The van der Waals surface area contributed by atoms with Gasteiger partial charge in [0.15, 0.2) is 17.1 Å². The van der Waals surface area contributed by atoms with Gasteiger partial charge in [-0.05, 0) is 37.5 Å². The molecule has 134 valence electrons. The van der Waals surface area contributed by atoms with Crippen LogP contribution in [0.2, 0.25) is 0 Å². The van der Waals surface area contributed by atoms with Gasteiger partial charge in [0.05, 0.1) is 18.5 Å². The molecule has 26 heavy (non-hydrogen) atoms. The monoisotopic (exact) mass is 350 g/mol. The smallest absolute Gasteiger partial charge is 0.160 e. The van der Waals surface area contributed by atoms with Crippen LogP contribution >= 0.6 is 0 Å². The summed E-state index contributed by atoms with van der Waals surface area (Å²) in [7, 11) is 1.57. The van der Waals surface area contributed by atoms with E-state index >= 15 is 0 Å². The number of hydrogen-bond donors (Lipinski definition) is 1. The van der Waals surface area contributed by atoms with Gasteiger partial charge < -0.3 is 9.84 Å². The number of phenolic OH excluding ortho intramolecular Hbond substituents is 1. The van der Waals surface area contributed by atoms with Gasteiger partial charge in [0.25, 0.3) is 0 Å². The fourth-order valence-corrected chi connectivity index (χ4v) is 4.59. The van der Waals surface area contributed by atoms with Crippen molar-refractivity contribution in [3.63, 3.8) is 0 Å².